The molecule has 2 aliphatic heterocycles. The van der Waals surface area contributed by atoms with Gasteiger partial charge in [0.2, 0.25) is 0 Å². The second kappa shape index (κ2) is 9.44. The van der Waals surface area contributed by atoms with Crippen LogP contribution in [0.2, 0.25) is 0 Å². The van der Waals surface area contributed by atoms with Gasteiger partial charge in [-0.2, -0.15) is 0 Å². The number of thiazole rings is 1. The molecule has 3 aromatic rings. The van der Waals surface area contributed by atoms with Crippen LogP contribution in [0.4, 0.5) is 5.13 Å². The Balaban J connectivity index is 0.982. The van der Waals surface area contributed by atoms with Crippen molar-refractivity contribution in [2.24, 2.45) is 5.41 Å². The van der Waals surface area contributed by atoms with Crippen LogP contribution in [-0.4, -0.2) is 46.5 Å². The number of hydrogen-bond donors (Lipinski definition) is 1. The van der Waals surface area contributed by atoms with E-state index in [0.717, 1.165) is 46.8 Å². The van der Waals surface area contributed by atoms with Gasteiger partial charge in [-0.3, -0.25) is 0 Å². The van der Waals surface area contributed by atoms with Gasteiger partial charge in [0, 0.05) is 29.5 Å². The van der Waals surface area contributed by atoms with Crippen molar-refractivity contribution in [1.29, 1.82) is 0 Å². The van der Waals surface area contributed by atoms with Crippen LogP contribution < -0.4 is 9.64 Å². The zero-order valence-electron chi connectivity index (χ0n) is 23.1. The predicted molar refractivity (Wildman–Crippen MR) is 152 cm³/mol. The van der Waals surface area contributed by atoms with E-state index in [1.807, 2.05) is 0 Å². The first kappa shape index (κ1) is 25.1. The molecule has 3 aliphatic carbocycles. The molecule has 3 saturated carbocycles. The quantitative estimate of drug-likeness (QED) is 0.312. The lowest BCUT2D eigenvalue weighted by Gasteiger charge is -2.38. The Hall–Kier alpha value is -2.65. The van der Waals surface area contributed by atoms with Crippen molar-refractivity contribution in [3.8, 4) is 5.75 Å². The van der Waals surface area contributed by atoms with Crippen molar-refractivity contribution in [3.05, 3.63) is 34.7 Å². The van der Waals surface area contributed by atoms with Crippen molar-refractivity contribution in [3.63, 3.8) is 0 Å². The summed E-state index contributed by atoms with van der Waals surface area (Å²) in [5, 5.41) is 15.1. The Bertz CT molecular complexity index is 1430. The SMILES string of the molecule is COc1cc(C(=O)O)cc2sc(N3C4CC[C@H]3C[C@H](OCc3c(C5CCC6(CC5)CC6)noc3C3CC3)C4)nc12. The monoisotopic (exact) mass is 563 g/mol. The maximum atomic E-state index is 11.6. The second-order valence-corrected chi connectivity index (χ2v) is 14.0. The van der Waals surface area contributed by atoms with E-state index in [9.17, 15) is 9.90 Å². The number of piperidine rings is 1. The van der Waals surface area contributed by atoms with Crippen molar-refractivity contribution >= 4 is 32.7 Å². The number of carboxylic acid groups (broad SMARTS) is 1. The van der Waals surface area contributed by atoms with Crippen LogP contribution in [0.1, 0.15) is 116 Å². The summed E-state index contributed by atoms with van der Waals surface area (Å²) in [6.45, 7) is 0.618. The molecule has 9 heteroatoms. The van der Waals surface area contributed by atoms with E-state index in [4.69, 9.17) is 19.0 Å². The fourth-order valence-electron chi connectivity index (χ4n) is 7.80. The lowest BCUT2D eigenvalue weighted by Crippen LogP contribution is -2.45. The molecule has 1 N–H and O–H groups in total. The Morgan fingerprint density at radius 1 is 1.07 bits per heavy atom. The number of anilines is 1. The lowest BCUT2D eigenvalue weighted by atomic mass is 9.77. The highest BCUT2D eigenvalue weighted by Crippen LogP contribution is 2.59. The standard InChI is InChI=1S/C31H37N3O5S/c1-37-24-12-19(29(35)36)13-25-27(24)32-30(40-25)34-20-4-5-21(34)15-22(14-20)38-16-23-26(33-39-28(23)18-2-3-18)17-6-8-31(9-7-17)10-11-31/h12-13,17-18,20-22H,2-11,14-16H2,1H3,(H,35,36)/t20-,21?,22-/m0/s1. The van der Waals surface area contributed by atoms with Gasteiger partial charge in [0.05, 0.1) is 35.8 Å². The molecule has 0 radical (unpaired) electrons. The zero-order chi connectivity index (χ0) is 27.0. The third kappa shape index (κ3) is 4.31. The summed E-state index contributed by atoms with van der Waals surface area (Å²) in [6.07, 6.45) is 14.9. The lowest BCUT2D eigenvalue weighted by molar-refractivity contribution is 0.0140. The molecule has 0 amide bonds. The van der Waals surface area contributed by atoms with Gasteiger partial charge in [0.25, 0.3) is 0 Å². The topological polar surface area (TPSA) is 97.9 Å². The molecular formula is C31H37N3O5S. The highest BCUT2D eigenvalue weighted by molar-refractivity contribution is 7.22. The number of rotatable bonds is 8. The van der Waals surface area contributed by atoms with Crippen LogP contribution in [0.5, 0.6) is 5.75 Å². The fourth-order valence-corrected chi connectivity index (χ4v) is 8.97. The van der Waals surface area contributed by atoms with Crippen LogP contribution >= 0.6 is 11.3 Å². The minimum Gasteiger partial charge on any atom is -0.494 e. The molecule has 5 fully saturated rings. The predicted octanol–water partition coefficient (Wildman–Crippen LogP) is 7.02. The van der Waals surface area contributed by atoms with Crippen molar-refractivity contribution in [2.75, 3.05) is 12.0 Å². The van der Waals surface area contributed by atoms with Crippen LogP contribution in [0.3, 0.4) is 0 Å². The first-order chi connectivity index (χ1) is 19.5. The van der Waals surface area contributed by atoms with E-state index < -0.39 is 5.97 Å². The number of methoxy groups -OCH3 is 1. The molecular weight excluding hydrogens is 526 g/mol. The first-order valence-corrected chi connectivity index (χ1v) is 15.9. The summed E-state index contributed by atoms with van der Waals surface area (Å²) in [7, 11) is 1.57. The summed E-state index contributed by atoms with van der Waals surface area (Å²) in [5.74, 6) is 1.73. The molecule has 1 spiro atoms. The van der Waals surface area contributed by atoms with Crippen LogP contribution in [0.25, 0.3) is 10.2 Å². The third-order valence-electron chi connectivity index (χ3n) is 10.5. The molecule has 4 heterocycles. The molecule has 8 nitrogen and oxygen atoms in total. The van der Waals surface area contributed by atoms with Gasteiger partial charge < -0.3 is 24.0 Å². The summed E-state index contributed by atoms with van der Waals surface area (Å²) < 4.78 is 19.0. The van der Waals surface area contributed by atoms with Crippen molar-refractivity contribution in [2.45, 2.75) is 114 Å². The minimum atomic E-state index is -0.954. The Kier molecular flexibility index (Phi) is 5.92. The van der Waals surface area contributed by atoms with E-state index in [1.165, 1.54) is 62.6 Å². The molecule has 3 atom stereocenters. The van der Waals surface area contributed by atoms with E-state index in [0.29, 0.717) is 41.7 Å². The molecule has 8 rings (SSSR count). The Morgan fingerprint density at radius 2 is 1.82 bits per heavy atom. The zero-order valence-corrected chi connectivity index (χ0v) is 23.9. The largest absolute Gasteiger partial charge is 0.494 e. The molecule has 40 heavy (non-hydrogen) atoms. The third-order valence-corrected chi connectivity index (χ3v) is 11.5. The number of hydrogen-bond acceptors (Lipinski definition) is 8. The highest BCUT2D eigenvalue weighted by atomic mass is 32.1. The Labute approximate surface area is 238 Å². The number of benzene rings is 1. The number of aromatic carboxylic acids is 1. The van der Waals surface area contributed by atoms with Gasteiger partial charge >= 0.3 is 5.97 Å². The maximum absolute atomic E-state index is 11.6. The minimum absolute atomic E-state index is 0.215. The maximum Gasteiger partial charge on any atom is 0.335 e. The second-order valence-electron chi connectivity index (χ2n) is 13.0. The molecule has 212 valence electrons. The van der Waals surface area contributed by atoms with E-state index in [-0.39, 0.29) is 11.7 Å². The first-order valence-electron chi connectivity index (χ1n) is 15.1. The number of aromatic nitrogens is 2. The van der Waals surface area contributed by atoms with Crippen molar-refractivity contribution < 1.29 is 23.9 Å². The average Bonchev–Trinajstić information content (AvgIpc) is 3.83. The fraction of sp³-hybridized carbons (Fsp3) is 0.645. The number of nitrogens with zero attached hydrogens (tertiary/aromatic N) is 3. The molecule has 5 aliphatic rings. The van der Waals surface area contributed by atoms with Gasteiger partial charge in [0.1, 0.15) is 17.0 Å². The Morgan fingerprint density at radius 3 is 2.48 bits per heavy atom. The van der Waals surface area contributed by atoms with Gasteiger partial charge in [-0.05, 0) is 94.6 Å². The smallest absolute Gasteiger partial charge is 0.335 e. The molecule has 1 aromatic carbocycles. The average molecular weight is 564 g/mol. The van der Waals surface area contributed by atoms with Crippen molar-refractivity contribution in [1.82, 2.24) is 10.1 Å². The molecule has 2 bridgehead atoms. The molecule has 2 aromatic heterocycles. The van der Waals surface area contributed by atoms with E-state index >= 15 is 0 Å². The van der Waals surface area contributed by atoms with Gasteiger partial charge in [-0.25, -0.2) is 9.78 Å². The van der Waals surface area contributed by atoms with Crippen LogP contribution in [-0.2, 0) is 11.3 Å². The number of carboxylic acids is 1. The normalized spacial score (nSPS) is 27.5. The summed E-state index contributed by atoms with van der Waals surface area (Å²) in [6, 6.07) is 4.04. The number of fused-ring (bicyclic) bond motifs is 3. The van der Waals surface area contributed by atoms with Gasteiger partial charge in [0.15, 0.2) is 5.13 Å². The van der Waals surface area contributed by atoms with Crippen LogP contribution in [0, 0.1) is 5.41 Å². The summed E-state index contributed by atoms with van der Waals surface area (Å²) in [5.41, 5.74) is 4.11. The number of ether oxygens (including phenoxy) is 2. The molecule has 1 unspecified atom stereocenters. The van der Waals surface area contributed by atoms with E-state index in [2.05, 4.69) is 10.1 Å². The molecule has 2 saturated heterocycles. The number of carbonyl (C=O) groups is 1. The van der Waals surface area contributed by atoms with Gasteiger partial charge in [-0.15, -0.1) is 0 Å². The van der Waals surface area contributed by atoms with Crippen LogP contribution in [0.15, 0.2) is 16.7 Å². The summed E-state index contributed by atoms with van der Waals surface area (Å²) in [4.78, 5) is 19.0. The summed E-state index contributed by atoms with van der Waals surface area (Å²) >= 11 is 1.57. The van der Waals surface area contributed by atoms with E-state index in [1.54, 1.807) is 30.6 Å². The highest BCUT2D eigenvalue weighted by Gasteiger charge is 2.47. The van der Waals surface area contributed by atoms with Gasteiger partial charge in [-0.1, -0.05) is 16.5 Å².